The predicted octanol–water partition coefficient (Wildman–Crippen LogP) is 3.12. The predicted molar refractivity (Wildman–Crippen MR) is 107 cm³/mol. The summed E-state index contributed by atoms with van der Waals surface area (Å²) in [5, 5.41) is 3.13. The number of halogens is 1. The molecule has 0 aliphatic heterocycles. The summed E-state index contributed by atoms with van der Waals surface area (Å²) in [5.41, 5.74) is 7.17. The summed E-state index contributed by atoms with van der Waals surface area (Å²) in [6.45, 7) is 0.454. The van der Waals surface area contributed by atoms with Crippen LogP contribution in [0.25, 0.3) is 0 Å². The van der Waals surface area contributed by atoms with Crippen molar-refractivity contribution < 1.29 is 9.59 Å². The minimum absolute atomic E-state index is 0. The van der Waals surface area contributed by atoms with E-state index in [1.165, 1.54) is 19.3 Å². The van der Waals surface area contributed by atoms with Crippen molar-refractivity contribution in [2.75, 3.05) is 18.5 Å². The number of rotatable bonds is 6. The van der Waals surface area contributed by atoms with E-state index in [1.807, 2.05) is 18.2 Å². The highest BCUT2D eigenvalue weighted by Crippen LogP contribution is 2.33. The molecule has 2 aliphatic rings. The molecular weight excluding hydrogens is 350 g/mol. The lowest BCUT2D eigenvalue weighted by Crippen LogP contribution is -2.46. The maximum atomic E-state index is 12.9. The number of hydrogen-bond donors (Lipinski definition) is 2. The molecule has 1 aromatic rings. The molecule has 2 fully saturated rings. The first-order valence-corrected chi connectivity index (χ1v) is 9.49. The van der Waals surface area contributed by atoms with Gasteiger partial charge in [0.05, 0.1) is 11.3 Å². The second-order valence-electron chi connectivity index (χ2n) is 7.40. The molecule has 0 aromatic heterocycles. The van der Waals surface area contributed by atoms with Crippen LogP contribution in [0.2, 0.25) is 0 Å². The fraction of sp³-hybridized carbons (Fsp3) is 0.600. The van der Waals surface area contributed by atoms with Crippen molar-refractivity contribution in [1.82, 2.24) is 5.32 Å². The van der Waals surface area contributed by atoms with Gasteiger partial charge in [-0.2, -0.15) is 0 Å². The van der Waals surface area contributed by atoms with Crippen molar-refractivity contribution in [3.05, 3.63) is 29.8 Å². The normalized spacial score (nSPS) is 18.5. The van der Waals surface area contributed by atoms with Gasteiger partial charge in [0.15, 0.2) is 0 Å². The van der Waals surface area contributed by atoms with Gasteiger partial charge in [0, 0.05) is 25.6 Å². The van der Waals surface area contributed by atoms with Gasteiger partial charge in [0.2, 0.25) is 5.91 Å². The van der Waals surface area contributed by atoms with E-state index in [1.54, 1.807) is 18.0 Å². The number of nitrogens with one attached hydrogen (secondary N) is 1. The largest absolute Gasteiger partial charge is 0.348 e. The number of carbonyl (C=O) groups excluding carboxylic acids is 2. The van der Waals surface area contributed by atoms with Gasteiger partial charge in [-0.1, -0.05) is 31.4 Å². The Labute approximate surface area is 162 Å². The highest BCUT2D eigenvalue weighted by molar-refractivity contribution is 6.05. The number of nitrogens with zero attached hydrogens (tertiary/aromatic N) is 1. The Morgan fingerprint density at radius 1 is 1.15 bits per heavy atom. The lowest BCUT2D eigenvalue weighted by molar-refractivity contribution is -0.119. The lowest BCUT2D eigenvalue weighted by atomic mass is 9.84. The van der Waals surface area contributed by atoms with Crippen LogP contribution in [-0.2, 0) is 4.79 Å². The number of amides is 2. The monoisotopic (exact) mass is 379 g/mol. The van der Waals surface area contributed by atoms with Crippen molar-refractivity contribution in [1.29, 1.82) is 0 Å². The molecule has 6 heteroatoms. The third kappa shape index (κ3) is 4.77. The summed E-state index contributed by atoms with van der Waals surface area (Å²) in [6, 6.07) is 7.34. The van der Waals surface area contributed by atoms with E-state index in [-0.39, 0.29) is 36.2 Å². The van der Waals surface area contributed by atoms with E-state index in [0.29, 0.717) is 23.7 Å². The van der Waals surface area contributed by atoms with Crippen LogP contribution in [0, 0.1) is 11.8 Å². The van der Waals surface area contributed by atoms with Crippen LogP contribution in [0.4, 0.5) is 5.69 Å². The summed E-state index contributed by atoms with van der Waals surface area (Å²) in [6.07, 6.45) is 7.87. The Hall–Kier alpha value is -1.59. The second-order valence-corrected chi connectivity index (χ2v) is 7.40. The summed E-state index contributed by atoms with van der Waals surface area (Å²) in [4.78, 5) is 26.9. The van der Waals surface area contributed by atoms with Gasteiger partial charge >= 0.3 is 0 Å². The SMILES string of the molecule is CN(C(=O)C1CC1)c1ccccc1C(=O)NC(CN)C1CCCCC1.Cl. The van der Waals surface area contributed by atoms with Crippen LogP contribution in [0.5, 0.6) is 0 Å². The maximum Gasteiger partial charge on any atom is 0.253 e. The van der Waals surface area contributed by atoms with E-state index >= 15 is 0 Å². The molecule has 0 heterocycles. The second kappa shape index (κ2) is 9.38. The molecule has 2 aliphatic carbocycles. The van der Waals surface area contributed by atoms with Gasteiger partial charge in [-0.05, 0) is 43.7 Å². The Balaban J connectivity index is 0.00000243. The average molecular weight is 380 g/mol. The summed E-state index contributed by atoms with van der Waals surface area (Å²) >= 11 is 0. The number of carbonyl (C=O) groups is 2. The quantitative estimate of drug-likeness (QED) is 0.797. The topological polar surface area (TPSA) is 75.4 Å². The molecule has 1 atom stereocenters. The van der Waals surface area contributed by atoms with E-state index in [4.69, 9.17) is 5.73 Å². The Morgan fingerprint density at radius 3 is 2.42 bits per heavy atom. The number of anilines is 1. The van der Waals surface area contributed by atoms with Crippen LogP contribution in [0.3, 0.4) is 0 Å². The minimum Gasteiger partial charge on any atom is -0.348 e. The first kappa shape index (κ1) is 20.7. The first-order chi connectivity index (χ1) is 12.1. The minimum atomic E-state index is -0.132. The van der Waals surface area contributed by atoms with E-state index < -0.39 is 0 Å². The van der Waals surface area contributed by atoms with Crippen molar-refractivity contribution >= 4 is 29.9 Å². The molecule has 0 radical (unpaired) electrons. The fourth-order valence-electron chi connectivity index (χ4n) is 3.83. The van der Waals surface area contributed by atoms with Crippen molar-refractivity contribution in [2.45, 2.75) is 51.0 Å². The van der Waals surface area contributed by atoms with Crippen LogP contribution < -0.4 is 16.0 Å². The third-order valence-electron chi connectivity index (χ3n) is 5.56. The van der Waals surface area contributed by atoms with Crippen LogP contribution in [0.1, 0.15) is 55.3 Å². The van der Waals surface area contributed by atoms with E-state index in [9.17, 15) is 9.59 Å². The van der Waals surface area contributed by atoms with Crippen LogP contribution in [0.15, 0.2) is 24.3 Å². The maximum absolute atomic E-state index is 12.9. The number of para-hydroxylation sites is 1. The zero-order valence-electron chi connectivity index (χ0n) is 15.4. The molecule has 2 saturated carbocycles. The van der Waals surface area contributed by atoms with Crippen molar-refractivity contribution in [3.8, 4) is 0 Å². The fourth-order valence-corrected chi connectivity index (χ4v) is 3.83. The van der Waals surface area contributed by atoms with E-state index in [0.717, 1.165) is 25.7 Å². The van der Waals surface area contributed by atoms with Gasteiger partial charge in [-0.25, -0.2) is 0 Å². The molecule has 3 rings (SSSR count). The zero-order chi connectivity index (χ0) is 17.8. The highest BCUT2D eigenvalue weighted by atomic mass is 35.5. The Bertz CT molecular complexity index is 627. The molecule has 0 bridgehead atoms. The van der Waals surface area contributed by atoms with Gasteiger partial charge in [0.25, 0.3) is 5.91 Å². The molecule has 3 N–H and O–H groups in total. The van der Waals surface area contributed by atoms with Gasteiger partial charge in [0.1, 0.15) is 0 Å². The zero-order valence-corrected chi connectivity index (χ0v) is 16.3. The van der Waals surface area contributed by atoms with Crippen molar-refractivity contribution in [3.63, 3.8) is 0 Å². The first-order valence-electron chi connectivity index (χ1n) is 9.49. The number of hydrogen-bond acceptors (Lipinski definition) is 3. The lowest BCUT2D eigenvalue weighted by Gasteiger charge is -2.30. The van der Waals surface area contributed by atoms with E-state index in [2.05, 4.69) is 5.32 Å². The summed E-state index contributed by atoms with van der Waals surface area (Å²) < 4.78 is 0. The Morgan fingerprint density at radius 2 is 1.81 bits per heavy atom. The molecule has 1 unspecified atom stereocenters. The molecule has 5 nitrogen and oxygen atoms in total. The molecule has 2 amide bonds. The third-order valence-corrected chi connectivity index (χ3v) is 5.56. The molecule has 26 heavy (non-hydrogen) atoms. The van der Waals surface area contributed by atoms with Crippen LogP contribution >= 0.6 is 12.4 Å². The Kier molecular flexibility index (Phi) is 7.47. The molecule has 0 spiro atoms. The smallest absolute Gasteiger partial charge is 0.253 e. The molecule has 1 aromatic carbocycles. The van der Waals surface area contributed by atoms with Crippen molar-refractivity contribution in [2.24, 2.45) is 17.6 Å². The summed E-state index contributed by atoms with van der Waals surface area (Å²) in [5.74, 6) is 0.552. The molecular formula is C20H30ClN3O2. The van der Waals surface area contributed by atoms with Crippen LogP contribution in [-0.4, -0.2) is 31.4 Å². The van der Waals surface area contributed by atoms with Gasteiger partial charge < -0.3 is 16.0 Å². The average Bonchev–Trinajstić information content (AvgIpc) is 3.50. The number of nitrogens with two attached hydrogens (primary N) is 1. The van der Waals surface area contributed by atoms with Gasteiger partial charge in [-0.3, -0.25) is 9.59 Å². The number of benzene rings is 1. The van der Waals surface area contributed by atoms with Gasteiger partial charge in [-0.15, -0.1) is 12.4 Å². The summed E-state index contributed by atoms with van der Waals surface area (Å²) in [7, 11) is 1.76. The highest BCUT2D eigenvalue weighted by Gasteiger charge is 2.34. The molecule has 0 saturated heterocycles. The standard InChI is InChI=1S/C20H29N3O2.ClH/c1-23(20(25)15-11-12-15)18-10-6-5-9-16(18)19(24)22-17(13-21)14-7-3-2-4-8-14;/h5-6,9-10,14-15,17H,2-4,7-8,11-13,21H2,1H3,(H,22,24);1H. The molecule has 144 valence electrons.